The van der Waals surface area contributed by atoms with Gasteiger partial charge in [0.15, 0.2) is 0 Å². The minimum Gasteiger partial charge on any atom is -0.303 e. The lowest BCUT2D eigenvalue weighted by Crippen LogP contribution is -2.08. The van der Waals surface area contributed by atoms with Crippen LogP contribution < -0.4 is 9.88 Å². The van der Waals surface area contributed by atoms with Gasteiger partial charge in [0.25, 0.3) is 0 Å². The van der Waals surface area contributed by atoms with Gasteiger partial charge in [-0.05, 0) is 12.1 Å². The zero-order chi connectivity index (χ0) is 12.3. The van der Waals surface area contributed by atoms with Gasteiger partial charge in [-0.3, -0.25) is 9.80 Å². The van der Waals surface area contributed by atoms with E-state index in [1.807, 2.05) is 37.4 Å². The molecule has 88 valence electrons. The third-order valence-electron chi connectivity index (χ3n) is 2.11. The molecule has 1 aromatic heterocycles. The molecule has 0 saturated carbocycles. The number of aromatic nitrogens is 1. The van der Waals surface area contributed by atoms with Gasteiger partial charge in [-0.1, -0.05) is 41.1 Å². The Morgan fingerprint density at radius 2 is 2.12 bits per heavy atom. The molecule has 0 aliphatic heterocycles. The van der Waals surface area contributed by atoms with Crippen LogP contribution in [0.5, 0.6) is 0 Å². The maximum atomic E-state index is 11.0. The first-order valence-corrected chi connectivity index (χ1v) is 6.07. The summed E-state index contributed by atoms with van der Waals surface area (Å²) < 4.78 is 0. The Morgan fingerprint density at radius 3 is 2.71 bits per heavy atom. The summed E-state index contributed by atoms with van der Waals surface area (Å²) in [5, 5.41) is 6.25. The molecule has 0 saturated heterocycles. The van der Waals surface area contributed by atoms with Crippen LogP contribution in [-0.2, 0) is 0 Å². The van der Waals surface area contributed by atoms with Crippen LogP contribution in [0.2, 0.25) is 5.15 Å². The van der Waals surface area contributed by atoms with Gasteiger partial charge in [-0.15, -0.1) is 0 Å². The summed E-state index contributed by atoms with van der Waals surface area (Å²) >= 11 is 6.85. The van der Waals surface area contributed by atoms with Gasteiger partial charge in [0.1, 0.15) is 5.15 Å². The van der Waals surface area contributed by atoms with Crippen molar-refractivity contribution in [2.24, 2.45) is 5.10 Å². The molecule has 4 nitrogen and oxygen atoms in total. The summed E-state index contributed by atoms with van der Waals surface area (Å²) in [6, 6.07) is 9.69. The fourth-order valence-corrected chi connectivity index (χ4v) is 2.15. The van der Waals surface area contributed by atoms with E-state index < -0.39 is 0 Å². The molecule has 2 rings (SSSR count). The number of para-hydroxylation sites is 1. The minimum atomic E-state index is -0.182. The predicted octanol–water partition coefficient (Wildman–Crippen LogP) is 2.56. The van der Waals surface area contributed by atoms with Crippen molar-refractivity contribution in [1.29, 1.82) is 0 Å². The highest BCUT2D eigenvalue weighted by Gasteiger charge is 2.03. The number of nitrogens with zero attached hydrogens (tertiary/aromatic N) is 2. The van der Waals surface area contributed by atoms with E-state index in [-0.39, 0.29) is 4.87 Å². The lowest BCUT2D eigenvalue weighted by Gasteiger charge is -2.11. The molecule has 0 radical (unpaired) electrons. The highest BCUT2D eigenvalue weighted by Crippen LogP contribution is 2.14. The average molecular weight is 268 g/mol. The molecular weight excluding hydrogens is 258 g/mol. The molecule has 0 amide bonds. The number of hydrogen-bond donors (Lipinski definition) is 1. The molecule has 0 aliphatic rings. The number of rotatable bonds is 3. The second-order valence-corrected chi connectivity index (χ2v) is 4.69. The van der Waals surface area contributed by atoms with E-state index in [0.717, 1.165) is 17.0 Å². The van der Waals surface area contributed by atoms with Crippen molar-refractivity contribution in [2.45, 2.75) is 0 Å². The lowest BCUT2D eigenvalue weighted by atomic mass is 10.3. The second-order valence-electron chi connectivity index (χ2n) is 3.30. The minimum absolute atomic E-state index is 0.182. The first-order valence-electron chi connectivity index (χ1n) is 4.88. The van der Waals surface area contributed by atoms with Gasteiger partial charge in [0.2, 0.25) is 0 Å². The summed E-state index contributed by atoms with van der Waals surface area (Å²) in [6.07, 6.45) is 1.57. The smallest absolute Gasteiger partial charge is 0.303 e. The largest absolute Gasteiger partial charge is 0.306 e. The Balaban J connectivity index is 2.16. The number of aromatic amines is 1. The Kier molecular flexibility index (Phi) is 3.61. The van der Waals surface area contributed by atoms with Crippen LogP contribution in [0.4, 0.5) is 5.69 Å². The van der Waals surface area contributed by atoms with E-state index in [9.17, 15) is 4.79 Å². The molecule has 0 atom stereocenters. The first kappa shape index (κ1) is 11.9. The highest BCUT2D eigenvalue weighted by molar-refractivity contribution is 7.11. The number of nitrogens with one attached hydrogen (secondary N) is 1. The fraction of sp³-hybridized carbons (Fsp3) is 0.0909. The van der Waals surface area contributed by atoms with Crippen molar-refractivity contribution in [3.8, 4) is 0 Å². The standard InChI is InChI=1S/C11H10ClN3OS/c1-15(8-5-3-2-4-6-8)13-7-9-10(12)14-11(16)17-9/h2-7H,1H3,(H,14,16). The van der Waals surface area contributed by atoms with Crippen molar-refractivity contribution < 1.29 is 0 Å². The molecule has 17 heavy (non-hydrogen) atoms. The van der Waals surface area contributed by atoms with Crippen LogP contribution in [0.15, 0.2) is 40.2 Å². The number of hydrazone groups is 1. The molecule has 1 aromatic carbocycles. The van der Waals surface area contributed by atoms with Crippen LogP contribution in [0.3, 0.4) is 0 Å². The molecule has 0 bridgehead atoms. The summed E-state index contributed by atoms with van der Waals surface area (Å²) in [6.45, 7) is 0. The normalized spacial score (nSPS) is 10.9. The van der Waals surface area contributed by atoms with Crippen molar-refractivity contribution in [3.05, 3.63) is 50.0 Å². The van der Waals surface area contributed by atoms with E-state index in [4.69, 9.17) is 11.6 Å². The number of halogens is 1. The monoisotopic (exact) mass is 267 g/mol. The van der Waals surface area contributed by atoms with Crippen molar-refractivity contribution in [3.63, 3.8) is 0 Å². The Bertz CT molecular complexity index is 576. The van der Waals surface area contributed by atoms with Gasteiger partial charge in [-0.25, -0.2) is 0 Å². The van der Waals surface area contributed by atoms with Crippen LogP contribution in [0.25, 0.3) is 0 Å². The van der Waals surface area contributed by atoms with Crippen molar-refractivity contribution in [1.82, 2.24) is 4.98 Å². The Morgan fingerprint density at radius 1 is 1.41 bits per heavy atom. The van der Waals surface area contributed by atoms with E-state index >= 15 is 0 Å². The lowest BCUT2D eigenvalue weighted by molar-refractivity contribution is 1.02. The third kappa shape index (κ3) is 2.95. The Labute approximate surface area is 107 Å². The van der Waals surface area contributed by atoms with E-state index in [0.29, 0.717) is 10.0 Å². The molecule has 1 N–H and O–H groups in total. The van der Waals surface area contributed by atoms with Crippen LogP contribution in [0.1, 0.15) is 4.88 Å². The second kappa shape index (κ2) is 5.16. The quantitative estimate of drug-likeness (QED) is 0.686. The van der Waals surface area contributed by atoms with Crippen molar-refractivity contribution in [2.75, 3.05) is 12.1 Å². The van der Waals surface area contributed by atoms with Gasteiger partial charge in [0.05, 0.1) is 16.8 Å². The molecule has 1 heterocycles. The first-order chi connectivity index (χ1) is 8.16. The maximum absolute atomic E-state index is 11.0. The number of anilines is 1. The molecule has 0 unspecified atom stereocenters. The van der Waals surface area contributed by atoms with E-state index in [1.54, 1.807) is 11.2 Å². The molecule has 0 spiro atoms. The maximum Gasteiger partial charge on any atom is 0.306 e. The molecular formula is C11H10ClN3OS. The summed E-state index contributed by atoms with van der Waals surface area (Å²) in [4.78, 5) is 14.0. The molecule has 0 fully saturated rings. The van der Waals surface area contributed by atoms with Gasteiger partial charge in [0, 0.05) is 7.05 Å². The average Bonchev–Trinajstić information content (AvgIpc) is 2.66. The summed E-state index contributed by atoms with van der Waals surface area (Å²) in [7, 11) is 1.83. The van der Waals surface area contributed by atoms with Crippen molar-refractivity contribution >= 4 is 34.8 Å². The number of hydrogen-bond acceptors (Lipinski definition) is 4. The number of H-pyrrole nitrogens is 1. The molecule has 2 aromatic rings. The fourth-order valence-electron chi connectivity index (χ4n) is 1.25. The van der Waals surface area contributed by atoms with Crippen LogP contribution >= 0.6 is 22.9 Å². The van der Waals surface area contributed by atoms with Crippen LogP contribution in [-0.4, -0.2) is 18.2 Å². The number of benzene rings is 1. The number of thiazole rings is 1. The van der Waals surface area contributed by atoms with Gasteiger partial charge < -0.3 is 4.98 Å². The van der Waals surface area contributed by atoms with Crippen LogP contribution in [0, 0.1) is 0 Å². The third-order valence-corrected chi connectivity index (χ3v) is 3.34. The zero-order valence-corrected chi connectivity index (χ0v) is 10.6. The zero-order valence-electron chi connectivity index (χ0n) is 9.05. The summed E-state index contributed by atoms with van der Waals surface area (Å²) in [5.41, 5.74) is 0.961. The van der Waals surface area contributed by atoms with E-state index in [2.05, 4.69) is 10.1 Å². The molecule has 6 heteroatoms. The summed E-state index contributed by atoms with van der Waals surface area (Å²) in [5.74, 6) is 0. The SMILES string of the molecule is CN(N=Cc1sc(=O)[nH]c1Cl)c1ccccc1. The highest BCUT2D eigenvalue weighted by atomic mass is 35.5. The topological polar surface area (TPSA) is 48.5 Å². The van der Waals surface area contributed by atoms with Gasteiger partial charge >= 0.3 is 4.87 Å². The van der Waals surface area contributed by atoms with Gasteiger partial charge in [-0.2, -0.15) is 5.10 Å². The molecule has 0 aliphatic carbocycles. The Hall–Kier alpha value is -1.59. The van der Waals surface area contributed by atoms with E-state index in [1.165, 1.54) is 0 Å². The predicted molar refractivity (Wildman–Crippen MR) is 72.4 cm³/mol.